The van der Waals surface area contributed by atoms with Crippen LogP contribution in [0.3, 0.4) is 0 Å². The molecule has 3 atom stereocenters. The number of hydrogen-bond donors (Lipinski definition) is 1. The molecule has 5 heteroatoms. The molecule has 2 rings (SSSR count). The van der Waals surface area contributed by atoms with Crippen molar-refractivity contribution in [2.45, 2.75) is 38.0 Å². The zero-order valence-corrected chi connectivity index (χ0v) is 11.5. The van der Waals surface area contributed by atoms with Crippen molar-refractivity contribution in [3.05, 3.63) is 23.5 Å². The molecule has 18 heavy (non-hydrogen) atoms. The number of likely N-dealkylation sites (N-methyl/N-ethyl adjacent to an activating group) is 1. The number of hydrogen-bond acceptors (Lipinski definition) is 4. The number of pyridine rings is 1. The largest absolute Gasteiger partial charge is 0.486 e. The first-order chi connectivity index (χ1) is 8.74. The van der Waals surface area contributed by atoms with Gasteiger partial charge in [0.1, 0.15) is 18.0 Å². The highest BCUT2D eigenvalue weighted by Crippen LogP contribution is 2.29. The quantitative estimate of drug-likeness (QED) is 0.861. The monoisotopic (exact) mass is 270 g/mol. The Labute approximate surface area is 113 Å². The van der Waals surface area contributed by atoms with E-state index in [4.69, 9.17) is 21.1 Å². The SMILES string of the molecule is CCCOC1C(NC)CC1Oc1cncc(Cl)c1. The van der Waals surface area contributed by atoms with E-state index >= 15 is 0 Å². The van der Waals surface area contributed by atoms with Gasteiger partial charge in [0.25, 0.3) is 0 Å². The van der Waals surface area contributed by atoms with Gasteiger partial charge in [-0.05, 0) is 13.5 Å². The summed E-state index contributed by atoms with van der Waals surface area (Å²) in [7, 11) is 1.95. The fourth-order valence-corrected chi connectivity index (χ4v) is 2.25. The standard InChI is InChI=1S/C13H19ClN2O2/c1-3-4-17-13-11(15-2)6-12(13)18-10-5-9(14)7-16-8-10/h5,7-8,11-13,15H,3-4,6H2,1-2H3. The fourth-order valence-electron chi connectivity index (χ4n) is 2.09. The Hall–Kier alpha value is -0.840. The average Bonchev–Trinajstić information content (AvgIpc) is 2.34. The van der Waals surface area contributed by atoms with Crippen molar-refractivity contribution in [3.8, 4) is 5.75 Å². The summed E-state index contributed by atoms with van der Waals surface area (Å²) >= 11 is 5.88. The van der Waals surface area contributed by atoms with Crippen LogP contribution in [0.15, 0.2) is 18.5 Å². The van der Waals surface area contributed by atoms with E-state index in [1.54, 1.807) is 18.5 Å². The maximum Gasteiger partial charge on any atom is 0.139 e. The zero-order chi connectivity index (χ0) is 13.0. The van der Waals surface area contributed by atoms with Crippen LogP contribution in [0.2, 0.25) is 5.02 Å². The second-order valence-electron chi connectivity index (χ2n) is 4.46. The molecule has 1 fully saturated rings. The smallest absolute Gasteiger partial charge is 0.139 e. The summed E-state index contributed by atoms with van der Waals surface area (Å²) in [5.41, 5.74) is 0. The van der Waals surface area contributed by atoms with Gasteiger partial charge in [-0.3, -0.25) is 4.98 Å². The van der Waals surface area contributed by atoms with Crippen LogP contribution in [-0.4, -0.2) is 36.9 Å². The van der Waals surface area contributed by atoms with Crippen molar-refractivity contribution in [1.82, 2.24) is 10.3 Å². The molecule has 4 nitrogen and oxygen atoms in total. The second-order valence-corrected chi connectivity index (χ2v) is 4.90. The molecule has 1 aliphatic rings. The molecular formula is C13H19ClN2O2. The highest BCUT2D eigenvalue weighted by Gasteiger charge is 2.42. The third kappa shape index (κ3) is 3.13. The molecule has 0 bridgehead atoms. The van der Waals surface area contributed by atoms with E-state index in [1.165, 1.54) is 0 Å². The minimum absolute atomic E-state index is 0.0780. The molecule has 1 aromatic rings. The summed E-state index contributed by atoms with van der Waals surface area (Å²) in [6, 6.07) is 2.15. The number of nitrogens with one attached hydrogen (secondary N) is 1. The van der Waals surface area contributed by atoms with Crippen molar-refractivity contribution in [3.63, 3.8) is 0 Å². The molecule has 1 aliphatic carbocycles. The third-order valence-electron chi connectivity index (χ3n) is 3.10. The van der Waals surface area contributed by atoms with Crippen molar-refractivity contribution in [2.75, 3.05) is 13.7 Å². The predicted octanol–water partition coefficient (Wildman–Crippen LogP) is 2.27. The molecule has 3 unspecified atom stereocenters. The molecule has 0 amide bonds. The van der Waals surface area contributed by atoms with Gasteiger partial charge in [0.15, 0.2) is 0 Å². The Morgan fingerprint density at radius 1 is 1.50 bits per heavy atom. The molecular weight excluding hydrogens is 252 g/mol. The maximum atomic E-state index is 5.88. The van der Waals surface area contributed by atoms with E-state index in [2.05, 4.69) is 17.2 Å². The molecule has 0 aromatic carbocycles. The summed E-state index contributed by atoms with van der Waals surface area (Å²) in [6.45, 7) is 2.86. The molecule has 0 aliphatic heterocycles. The minimum Gasteiger partial charge on any atom is -0.486 e. The van der Waals surface area contributed by atoms with Gasteiger partial charge in [-0.2, -0.15) is 0 Å². The van der Waals surface area contributed by atoms with Gasteiger partial charge in [0.05, 0.1) is 11.2 Å². The number of halogens is 1. The summed E-state index contributed by atoms with van der Waals surface area (Å²) in [4.78, 5) is 4.01. The van der Waals surface area contributed by atoms with Gasteiger partial charge in [-0.15, -0.1) is 0 Å². The van der Waals surface area contributed by atoms with Gasteiger partial charge in [-0.25, -0.2) is 0 Å². The number of aromatic nitrogens is 1. The number of ether oxygens (including phenoxy) is 2. The predicted molar refractivity (Wildman–Crippen MR) is 71.2 cm³/mol. The first kappa shape index (κ1) is 13.6. The van der Waals surface area contributed by atoms with Crippen LogP contribution in [-0.2, 0) is 4.74 Å². The van der Waals surface area contributed by atoms with Gasteiger partial charge in [0, 0.05) is 31.3 Å². The van der Waals surface area contributed by atoms with E-state index in [-0.39, 0.29) is 12.2 Å². The van der Waals surface area contributed by atoms with Crippen molar-refractivity contribution in [2.24, 2.45) is 0 Å². The molecule has 1 saturated carbocycles. The zero-order valence-electron chi connectivity index (χ0n) is 10.7. The maximum absolute atomic E-state index is 5.88. The number of rotatable bonds is 6. The van der Waals surface area contributed by atoms with Crippen molar-refractivity contribution < 1.29 is 9.47 Å². The second kappa shape index (κ2) is 6.36. The summed E-state index contributed by atoms with van der Waals surface area (Å²) < 4.78 is 11.7. The van der Waals surface area contributed by atoms with Crippen LogP contribution in [0.5, 0.6) is 5.75 Å². The minimum atomic E-state index is 0.0780. The molecule has 100 valence electrons. The Balaban J connectivity index is 1.92. The highest BCUT2D eigenvalue weighted by atomic mass is 35.5. The lowest BCUT2D eigenvalue weighted by Gasteiger charge is -2.43. The first-order valence-electron chi connectivity index (χ1n) is 6.30. The van der Waals surface area contributed by atoms with Crippen molar-refractivity contribution >= 4 is 11.6 Å². The van der Waals surface area contributed by atoms with Gasteiger partial charge in [0.2, 0.25) is 0 Å². The lowest BCUT2D eigenvalue weighted by Crippen LogP contribution is -2.60. The molecule has 1 heterocycles. The van der Waals surface area contributed by atoms with E-state index in [1.807, 2.05) is 7.05 Å². The Morgan fingerprint density at radius 2 is 2.33 bits per heavy atom. The molecule has 0 spiro atoms. The fraction of sp³-hybridized carbons (Fsp3) is 0.615. The average molecular weight is 271 g/mol. The van der Waals surface area contributed by atoms with Crippen LogP contribution in [0.1, 0.15) is 19.8 Å². The normalized spacial score (nSPS) is 26.7. The van der Waals surface area contributed by atoms with E-state index in [0.29, 0.717) is 16.8 Å². The molecule has 1 aromatic heterocycles. The number of nitrogens with zero attached hydrogens (tertiary/aromatic N) is 1. The molecule has 1 N–H and O–H groups in total. The lowest BCUT2D eigenvalue weighted by molar-refractivity contribution is -0.106. The van der Waals surface area contributed by atoms with E-state index in [9.17, 15) is 0 Å². The van der Waals surface area contributed by atoms with Crippen LogP contribution >= 0.6 is 11.6 Å². The van der Waals surface area contributed by atoms with Crippen LogP contribution in [0.4, 0.5) is 0 Å². The van der Waals surface area contributed by atoms with Gasteiger partial charge < -0.3 is 14.8 Å². The van der Waals surface area contributed by atoms with Crippen molar-refractivity contribution in [1.29, 1.82) is 0 Å². The van der Waals surface area contributed by atoms with Crippen LogP contribution in [0, 0.1) is 0 Å². The van der Waals surface area contributed by atoms with E-state index < -0.39 is 0 Å². The third-order valence-corrected chi connectivity index (χ3v) is 3.31. The van der Waals surface area contributed by atoms with Gasteiger partial charge in [-0.1, -0.05) is 18.5 Å². The van der Waals surface area contributed by atoms with Gasteiger partial charge >= 0.3 is 0 Å². The topological polar surface area (TPSA) is 43.4 Å². The first-order valence-corrected chi connectivity index (χ1v) is 6.68. The van der Waals surface area contributed by atoms with Crippen LogP contribution in [0.25, 0.3) is 0 Å². The Bertz CT molecular complexity index is 389. The summed E-state index contributed by atoms with van der Waals surface area (Å²) in [6.07, 6.45) is 5.41. The van der Waals surface area contributed by atoms with E-state index in [0.717, 1.165) is 19.4 Å². The Morgan fingerprint density at radius 3 is 3.00 bits per heavy atom. The lowest BCUT2D eigenvalue weighted by atomic mass is 9.85. The van der Waals surface area contributed by atoms with Crippen LogP contribution < -0.4 is 10.1 Å². The summed E-state index contributed by atoms with van der Waals surface area (Å²) in [5, 5.41) is 3.83. The molecule has 0 radical (unpaired) electrons. The summed E-state index contributed by atoms with van der Waals surface area (Å²) in [5.74, 6) is 0.701. The molecule has 0 saturated heterocycles. The Kier molecular flexibility index (Phi) is 4.80. The highest BCUT2D eigenvalue weighted by molar-refractivity contribution is 6.30.